The first-order valence-corrected chi connectivity index (χ1v) is 7.34. The van der Waals surface area contributed by atoms with Gasteiger partial charge in [-0.05, 0) is 44.3 Å². The molecule has 3 unspecified atom stereocenters. The van der Waals surface area contributed by atoms with E-state index < -0.39 is 5.60 Å². The largest absolute Gasteiger partial charge is 0.384 e. The lowest BCUT2D eigenvalue weighted by molar-refractivity contribution is -0.0987. The van der Waals surface area contributed by atoms with Gasteiger partial charge >= 0.3 is 0 Å². The highest BCUT2D eigenvalue weighted by molar-refractivity contribution is 7.10. The highest BCUT2D eigenvalue weighted by atomic mass is 32.1. The average Bonchev–Trinajstić information content (AvgIpc) is 2.78. The zero-order valence-corrected chi connectivity index (χ0v) is 11.8. The zero-order valence-electron chi connectivity index (χ0n) is 11.0. The van der Waals surface area contributed by atoms with Gasteiger partial charge in [0.15, 0.2) is 0 Å². The van der Waals surface area contributed by atoms with Gasteiger partial charge in [0.2, 0.25) is 0 Å². The third-order valence-electron chi connectivity index (χ3n) is 4.06. The lowest BCUT2D eigenvalue weighted by Crippen LogP contribution is -2.47. The van der Waals surface area contributed by atoms with Crippen LogP contribution in [0.4, 0.5) is 0 Å². The first kappa shape index (κ1) is 13.1. The molecule has 96 valence electrons. The van der Waals surface area contributed by atoms with Crippen molar-refractivity contribution < 1.29 is 5.11 Å². The molecule has 1 aliphatic carbocycles. The molecule has 2 rings (SSSR count). The van der Waals surface area contributed by atoms with Gasteiger partial charge < -0.3 is 10.0 Å². The SMILES string of the molecule is CC1CCCC(CN(C)C)C1(O)c1cccs1. The van der Waals surface area contributed by atoms with Crippen LogP contribution in [0.3, 0.4) is 0 Å². The molecule has 3 atom stereocenters. The van der Waals surface area contributed by atoms with E-state index in [4.69, 9.17) is 0 Å². The van der Waals surface area contributed by atoms with Crippen LogP contribution in [-0.2, 0) is 5.60 Å². The quantitative estimate of drug-likeness (QED) is 0.895. The van der Waals surface area contributed by atoms with Crippen molar-refractivity contribution in [1.82, 2.24) is 4.90 Å². The van der Waals surface area contributed by atoms with Crippen molar-refractivity contribution in [1.29, 1.82) is 0 Å². The fourth-order valence-corrected chi connectivity index (χ4v) is 4.15. The summed E-state index contributed by atoms with van der Waals surface area (Å²) in [5, 5.41) is 13.3. The first-order valence-electron chi connectivity index (χ1n) is 6.46. The van der Waals surface area contributed by atoms with Crippen molar-refractivity contribution in [2.24, 2.45) is 11.8 Å². The van der Waals surface area contributed by atoms with Crippen molar-refractivity contribution in [3.05, 3.63) is 22.4 Å². The fourth-order valence-electron chi connectivity index (χ4n) is 3.13. The molecule has 1 saturated carbocycles. The van der Waals surface area contributed by atoms with E-state index in [1.807, 2.05) is 6.07 Å². The van der Waals surface area contributed by atoms with Gasteiger partial charge in [-0.3, -0.25) is 0 Å². The number of hydrogen-bond acceptors (Lipinski definition) is 3. The van der Waals surface area contributed by atoms with Crippen molar-refractivity contribution in [3.63, 3.8) is 0 Å². The van der Waals surface area contributed by atoms with Crippen molar-refractivity contribution in [3.8, 4) is 0 Å². The van der Waals surface area contributed by atoms with E-state index in [2.05, 4.69) is 37.4 Å². The topological polar surface area (TPSA) is 23.5 Å². The molecule has 0 radical (unpaired) electrons. The first-order chi connectivity index (χ1) is 8.05. The lowest BCUT2D eigenvalue weighted by atomic mass is 9.68. The Balaban J connectivity index is 2.29. The van der Waals surface area contributed by atoms with Crippen LogP contribution in [0.15, 0.2) is 17.5 Å². The van der Waals surface area contributed by atoms with E-state index in [1.54, 1.807) is 11.3 Å². The van der Waals surface area contributed by atoms with E-state index in [-0.39, 0.29) is 0 Å². The maximum absolute atomic E-state index is 11.2. The van der Waals surface area contributed by atoms with Crippen LogP contribution >= 0.6 is 11.3 Å². The van der Waals surface area contributed by atoms with Crippen molar-refractivity contribution >= 4 is 11.3 Å². The number of thiophene rings is 1. The Hall–Kier alpha value is -0.380. The molecule has 3 heteroatoms. The third kappa shape index (κ3) is 2.42. The molecule has 1 fully saturated rings. The highest BCUT2D eigenvalue weighted by Crippen LogP contribution is 2.47. The summed E-state index contributed by atoms with van der Waals surface area (Å²) in [4.78, 5) is 3.35. The van der Waals surface area contributed by atoms with Gasteiger partial charge in [-0.2, -0.15) is 0 Å². The molecule has 1 aromatic rings. The van der Waals surface area contributed by atoms with Crippen LogP contribution in [0.25, 0.3) is 0 Å². The third-order valence-corrected chi connectivity index (χ3v) is 5.08. The van der Waals surface area contributed by atoms with E-state index in [0.717, 1.165) is 24.3 Å². The maximum Gasteiger partial charge on any atom is 0.105 e. The molecule has 0 amide bonds. The van der Waals surface area contributed by atoms with E-state index in [1.165, 1.54) is 6.42 Å². The summed E-state index contributed by atoms with van der Waals surface area (Å²) in [6, 6.07) is 4.14. The van der Waals surface area contributed by atoms with Gasteiger partial charge in [-0.15, -0.1) is 11.3 Å². The van der Waals surface area contributed by atoms with Crippen molar-refractivity contribution in [2.45, 2.75) is 31.8 Å². The number of aliphatic hydroxyl groups is 1. The molecule has 1 aliphatic rings. The van der Waals surface area contributed by atoms with Crippen LogP contribution in [0, 0.1) is 11.8 Å². The smallest absolute Gasteiger partial charge is 0.105 e. The van der Waals surface area contributed by atoms with E-state index in [0.29, 0.717) is 11.8 Å². The van der Waals surface area contributed by atoms with Gasteiger partial charge in [0, 0.05) is 17.3 Å². The molecule has 0 aliphatic heterocycles. The summed E-state index contributed by atoms with van der Waals surface area (Å²) in [6.07, 6.45) is 3.52. The molecule has 17 heavy (non-hydrogen) atoms. The van der Waals surface area contributed by atoms with Gasteiger partial charge in [0.05, 0.1) is 0 Å². The Labute approximate surface area is 108 Å². The van der Waals surface area contributed by atoms with Gasteiger partial charge in [0.1, 0.15) is 5.60 Å². The molecule has 0 spiro atoms. The van der Waals surface area contributed by atoms with Crippen LogP contribution in [0.2, 0.25) is 0 Å². The molecule has 1 heterocycles. The predicted molar refractivity (Wildman–Crippen MR) is 73.3 cm³/mol. The predicted octanol–water partition coefficient (Wildman–Crippen LogP) is 2.93. The molecule has 1 aromatic heterocycles. The summed E-state index contributed by atoms with van der Waals surface area (Å²) < 4.78 is 0. The molecular formula is C14H23NOS. The van der Waals surface area contributed by atoms with Gasteiger partial charge in [-0.1, -0.05) is 19.4 Å². The second-order valence-corrected chi connectivity index (χ2v) is 6.54. The summed E-state index contributed by atoms with van der Waals surface area (Å²) in [6.45, 7) is 3.17. The fraction of sp³-hybridized carbons (Fsp3) is 0.714. The average molecular weight is 253 g/mol. The molecule has 0 aromatic carbocycles. The minimum absolute atomic E-state index is 0.361. The number of rotatable bonds is 3. The minimum atomic E-state index is -0.614. The highest BCUT2D eigenvalue weighted by Gasteiger charge is 2.46. The van der Waals surface area contributed by atoms with Crippen LogP contribution < -0.4 is 0 Å². The summed E-state index contributed by atoms with van der Waals surface area (Å²) in [7, 11) is 4.18. The minimum Gasteiger partial charge on any atom is -0.384 e. The zero-order chi connectivity index (χ0) is 12.5. The van der Waals surface area contributed by atoms with E-state index >= 15 is 0 Å². The van der Waals surface area contributed by atoms with Gasteiger partial charge in [0.25, 0.3) is 0 Å². The Bertz CT molecular complexity index is 349. The molecular weight excluding hydrogens is 230 g/mol. The summed E-state index contributed by atoms with van der Waals surface area (Å²) >= 11 is 1.69. The number of hydrogen-bond donors (Lipinski definition) is 1. The van der Waals surface area contributed by atoms with Crippen molar-refractivity contribution in [2.75, 3.05) is 20.6 Å². The molecule has 1 N–H and O–H groups in total. The standard InChI is InChI=1S/C14H23NOS/c1-11-6-4-7-12(10-15(2)3)14(11,16)13-8-5-9-17-13/h5,8-9,11-12,16H,4,6-7,10H2,1-3H3. The van der Waals surface area contributed by atoms with Crippen LogP contribution in [0.5, 0.6) is 0 Å². The van der Waals surface area contributed by atoms with Gasteiger partial charge in [-0.25, -0.2) is 0 Å². The molecule has 2 nitrogen and oxygen atoms in total. The Morgan fingerprint density at radius 3 is 2.82 bits per heavy atom. The normalized spacial score (nSPS) is 34.2. The molecule has 0 saturated heterocycles. The summed E-state index contributed by atoms with van der Waals surface area (Å²) in [5.74, 6) is 0.722. The maximum atomic E-state index is 11.2. The summed E-state index contributed by atoms with van der Waals surface area (Å²) in [5.41, 5.74) is -0.614. The lowest BCUT2D eigenvalue weighted by Gasteiger charge is -2.45. The second kappa shape index (κ2) is 5.09. The Morgan fingerprint density at radius 1 is 1.47 bits per heavy atom. The van der Waals surface area contributed by atoms with Crippen LogP contribution in [-0.4, -0.2) is 30.6 Å². The van der Waals surface area contributed by atoms with Crippen LogP contribution in [0.1, 0.15) is 31.1 Å². The van der Waals surface area contributed by atoms with E-state index in [9.17, 15) is 5.11 Å². The second-order valence-electron chi connectivity index (χ2n) is 5.59. The Kier molecular flexibility index (Phi) is 3.91. The monoisotopic (exact) mass is 253 g/mol. The number of nitrogens with zero attached hydrogens (tertiary/aromatic N) is 1. The molecule has 0 bridgehead atoms. The Morgan fingerprint density at radius 2 is 2.24 bits per heavy atom.